The zero-order valence-corrected chi connectivity index (χ0v) is 16.6. The molecule has 150 valence electrons. The second-order valence-corrected chi connectivity index (χ2v) is 7.64. The van der Waals surface area contributed by atoms with Crippen LogP contribution in [0.15, 0.2) is 71.7 Å². The quantitative estimate of drug-likeness (QED) is 0.752. The van der Waals surface area contributed by atoms with Gasteiger partial charge >= 0.3 is 0 Å². The summed E-state index contributed by atoms with van der Waals surface area (Å²) in [6, 6.07) is 18.2. The second kappa shape index (κ2) is 8.62. The van der Waals surface area contributed by atoms with Gasteiger partial charge in [0.05, 0.1) is 19.8 Å². The number of rotatable bonds is 8. The van der Waals surface area contributed by atoms with Crippen LogP contribution in [0.4, 0.5) is 0 Å². The Morgan fingerprint density at radius 3 is 2.69 bits per heavy atom. The number of aliphatic imine (C=N–C) groups is 1. The first-order valence-corrected chi connectivity index (χ1v) is 9.97. The molecule has 0 radical (unpaired) electrons. The monoisotopic (exact) mass is 390 g/mol. The molecular weight excluding hydrogens is 364 g/mol. The minimum absolute atomic E-state index is 0.0664. The topological polar surface area (TPSA) is 59.9 Å². The lowest BCUT2D eigenvalue weighted by Crippen LogP contribution is -2.47. The predicted octanol–water partition coefficient (Wildman–Crippen LogP) is 3.34. The molecule has 1 amide bonds. The Hall–Kier alpha value is -2.92. The van der Waals surface area contributed by atoms with Gasteiger partial charge in [-0.25, -0.2) is 0 Å². The number of nitrogens with zero attached hydrogens (tertiary/aromatic N) is 1. The summed E-state index contributed by atoms with van der Waals surface area (Å²) in [5.41, 5.74) is 1.72. The van der Waals surface area contributed by atoms with Crippen LogP contribution in [-0.2, 0) is 22.6 Å². The van der Waals surface area contributed by atoms with Gasteiger partial charge in [0, 0.05) is 31.5 Å². The summed E-state index contributed by atoms with van der Waals surface area (Å²) in [6.07, 6.45) is 6.92. The van der Waals surface area contributed by atoms with Gasteiger partial charge in [-0.2, -0.15) is 0 Å². The molecule has 2 aromatic rings. The third kappa shape index (κ3) is 4.40. The van der Waals surface area contributed by atoms with Gasteiger partial charge in [-0.15, -0.1) is 0 Å². The van der Waals surface area contributed by atoms with E-state index in [-0.39, 0.29) is 17.9 Å². The molecule has 0 aromatic heterocycles. The van der Waals surface area contributed by atoms with E-state index in [1.54, 1.807) is 7.11 Å². The number of nitrogens with one attached hydrogen (secondary N) is 1. The Balaban J connectivity index is 1.60. The summed E-state index contributed by atoms with van der Waals surface area (Å²) in [5.74, 6) is 0.945. The lowest BCUT2D eigenvalue weighted by Gasteiger charge is -2.37. The van der Waals surface area contributed by atoms with Gasteiger partial charge in [-0.3, -0.25) is 9.79 Å². The second-order valence-electron chi connectivity index (χ2n) is 7.64. The fourth-order valence-corrected chi connectivity index (χ4v) is 4.21. The van der Waals surface area contributed by atoms with Crippen LogP contribution in [0, 0.1) is 5.92 Å². The molecule has 29 heavy (non-hydrogen) atoms. The average molecular weight is 390 g/mol. The summed E-state index contributed by atoms with van der Waals surface area (Å²) in [5, 5.41) is 2.96. The van der Waals surface area contributed by atoms with Crippen LogP contribution < -0.4 is 10.1 Å². The van der Waals surface area contributed by atoms with Crippen molar-refractivity contribution >= 4 is 12.1 Å². The molecule has 5 heteroatoms. The maximum absolute atomic E-state index is 12.0. The van der Waals surface area contributed by atoms with E-state index in [2.05, 4.69) is 23.5 Å². The van der Waals surface area contributed by atoms with Gasteiger partial charge in [0.1, 0.15) is 11.3 Å². The van der Waals surface area contributed by atoms with E-state index in [1.807, 2.05) is 54.8 Å². The molecule has 2 aliphatic rings. The predicted molar refractivity (Wildman–Crippen MR) is 113 cm³/mol. The van der Waals surface area contributed by atoms with Crippen molar-refractivity contribution < 1.29 is 14.3 Å². The highest BCUT2D eigenvalue weighted by atomic mass is 16.5. The molecular formula is C24H26N2O3. The van der Waals surface area contributed by atoms with E-state index in [0.29, 0.717) is 19.6 Å². The maximum Gasteiger partial charge on any atom is 0.220 e. The van der Waals surface area contributed by atoms with Gasteiger partial charge < -0.3 is 14.8 Å². The van der Waals surface area contributed by atoms with Gasteiger partial charge in [0.2, 0.25) is 5.91 Å². The highest BCUT2D eigenvalue weighted by molar-refractivity contribution is 5.79. The van der Waals surface area contributed by atoms with Crippen molar-refractivity contribution in [3.8, 4) is 5.75 Å². The average Bonchev–Trinajstić information content (AvgIpc) is 3.39. The molecule has 0 aliphatic carbocycles. The van der Waals surface area contributed by atoms with Gasteiger partial charge in [-0.1, -0.05) is 48.5 Å². The zero-order valence-electron chi connectivity index (χ0n) is 16.6. The molecule has 2 heterocycles. The summed E-state index contributed by atoms with van der Waals surface area (Å²) < 4.78 is 11.8. The normalized spacial score (nSPS) is 23.9. The molecule has 3 unspecified atom stereocenters. The van der Waals surface area contributed by atoms with Crippen molar-refractivity contribution in [1.29, 1.82) is 0 Å². The van der Waals surface area contributed by atoms with Crippen LogP contribution >= 0.6 is 0 Å². The molecule has 1 N–H and O–H groups in total. The number of hydrogen-bond acceptors (Lipinski definition) is 4. The third-order valence-electron chi connectivity index (χ3n) is 5.61. The Labute approximate surface area is 171 Å². The number of carbonyl (C=O) groups excluding carboxylic acids is 1. The number of carbonyl (C=O) groups is 1. The molecule has 1 saturated heterocycles. The Kier molecular flexibility index (Phi) is 5.76. The fourth-order valence-electron chi connectivity index (χ4n) is 4.21. The third-order valence-corrected chi connectivity index (χ3v) is 5.61. The highest BCUT2D eigenvalue weighted by Crippen LogP contribution is 2.36. The number of ether oxygens (including phenoxy) is 2. The summed E-state index contributed by atoms with van der Waals surface area (Å²) in [4.78, 5) is 16.8. The standard InChI is InChI=1S/C24H26N2O3/c1-28-21-10-5-9-19(13-21)17-29-23(20-14-22(27)25-16-20)24(11-6-12-26-24)15-18-7-3-2-4-8-18/h2-13,20,23H,14-17H2,1H3,(H,25,27). The van der Waals surface area contributed by atoms with Crippen molar-refractivity contribution in [3.63, 3.8) is 0 Å². The van der Waals surface area contributed by atoms with Gasteiger partial charge in [0.15, 0.2) is 0 Å². The first-order chi connectivity index (χ1) is 14.2. The van der Waals surface area contributed by atoms with Crippen molar-refractivity contribution in [2.24, 2.45) is 10.9 Å². The van der Waals surface area contributed by atoms with E-state index in [4.69, 9.17) is 14.5 Å². The SMILES string of the molecule is COc1cccc(COC(C2CNC(=O)C2)C2(Cc3ccccc3)C=CC=N2)c1. The van der Waals surface area contributed by atoms with Crippen molar-refractivity contribution in [2.75, 3.05) is 13.7 Å². The van der Waals surface area contributed by atoms with E-state index in [9.17, 15) is 4.79 Å². The largest absolute Gasteiger partial charge is 0.497 e. The lowest BCUT2D eigenvalue weighted by atomic mass is 9.79. The molecule has 4 rings (SSSR count). The molecule has 2 aliphatic heterocycles. The zero-order chi connectivity index (χ0) is 20.1. The van der Waals surface area contributed by atoms with Crippen LogP contribution in [0.1, 0.15) is 17.5 Å². The first kappa shape index (κ1) is 19.4. The minimum Gasteiger partial charge on any atom is -0.497 e. The number of hydrogen-bond donors (Lipinski definition) is 1. The Morgan fingerprint density at radius 2 is 2.00 bits per heavy atom. The summed E-state index contributed by atoms with van der Waals surface area (Å²) in [7, 11) is 1.66. The smallest absolute Gasteiger partial charge is 0.220 e. The Bertz CT molecular complexity index is 895. The van der Waals surface area contributed by atoms with Crippen LogP contribution in [0.5, 0.6) is 5.75 Å². The first-order valence-electron chi connectivity index (χ1n) is 9.97. The summed E-state index contributed by atoms with van der Waals surface area (Å²) >= 11 is 0. The molecule has 1 fully saturated rings. The molecule has 3 atom stereocenters. The summed E-state index contributed by atoms with van der Waals surface area (Å²) in [6.45, 7) is 1.05. The van der Waals surface area contributed by atoms with E-state index < -0.39 is 5.54 Å². The molecule has 2 aromatic carbocycles. The molecule has 0 spiro atoms. The van der Waals surface area contributed by atoms with E-state index >= 15 is 0 Å². The van der Waals surface area contributed by atoms with Gasteiger partial charge in [-0.05, 0) is 29.3 Å². The van der Waals surface area contributed by atoms with Gasteiger partial charge in [0.25, 0.3) is 0 Å². The molecule has 5 nitrogen and oxygen atoms in total. The van der Waals surface area contributed by atoms with E-state index in [1.165, 1.54) is 5.56 Å². The number of benzene rings is 2. The van der Waals surface area contributed by atoms with Crippen LogP contribution in [0.25, 0.3) is 0 Å². The van der Waals surface area contributed by atoms with Crippen LogP contribution in [0.3, 0.4) is 0 Å². The molecule has 0 saturated carbocycles. The Morgan fingerprint density at radius 1 is 1.17 bits per heavy atom. The fraction of sp³-hybridized carbons (Fsp3) is 0.333. The molecule has 0 bridgehead atoms. The number of methoxy groups -OCH3 is 1. The number of amides is 1. The number of allylic oxidation sites excluding steroid dienone is 1. The van der Waals surface area contributed by atoms with Crippen molar-refractivity contribution in [3.05, 3.63) is 77.9 Å². The van der Waals surface area contributed by atoms with Crippen LogP contribution in [-0.4, -0.2) is 37.4 Å². The van der Waals surface area contributed by atoms with E-state index in [0.717, 1.165) is 17.7 Å². The van der Waals surface area contributed by atoms with Crippen LogP contribution in [0.2, 0.25) is 0 Å². The van der Waals surface area contributed by atoms with Crippen molar-refractivity contribution in [2.45, 2.75) is 31.1 Å². The lowest BCUT2D eigenvalue weighted by molar-refractivity contribution is -0.120. The highest BCUT2D eigenvalue weighted by Gasteiger charge is 2.45. The minimum atomic E-state index is -0.517. The maximum atomic E-state index is 12.0. The van der Waals surface area contributed by atoms with Crippen molar-refractivity contribution in [1.82, 2.24) is 5.32 Å².